The zero-order valence-corrected chi connectivity index (χ0v) is 16.6. The van der Waals surface area contributed by atoms with Crippen molar-refractivity contribution in [2.45, 2.75) is 32.0 Å². The van der Waals surface area contributed by atoms with E-state index in [1.807, 2.05) is 0 Å². The largest absolute Gasteiger partial charge is 0.489 e. The number of aromatic nitrogens is 1. The van der Waals surface area contributed by atoms with Crippen LogP contribution in [0.4, 0.5) is 8.78 Å². The molecular weight excluding hydrogens is 431 g/mol. The van der Waals surface area contributed by atoms with Crippen LogP contribution < -0.4 is 14.2 Å². The Morgan fingerprint density at radius 1 is 1.21 bits per heavy atom. The van der Waals surface area contributed by atoms with E-state index in [-0.39, 0.29) is 34.4 Å². The van der Waals surface area contributed by atoms with Gasteiger partial charge < -0.3 is 14.2 Å². The number of ether oxygens (including phenoxy) is 3. The second kappa shape index (κ2) is 9.45. The average Bonchev–Trinajstić information content (AvgIpc) is 3.47. The maximum absolute atomic E-state index is 12.7. The molecule has 1 unspecified atom stereocenters. The van der Waals surface area contributed by atoms with Crippen LogP contribution in [0.15, 0.2) is 30.6 Å². The molecule has 0 aliphatic heterocycles. The van der Waals surface area contributed by atoms with Crippen molar-refractivity contribution in [3.8, 4) is 11.5 Å². The number of rotatable bonds is 10. The Bertz CT molecular complexity index is 857. The fraction of sp³-hybridized carbons (Fsp3) is 0.368. The molecule has 3 rings (SSSR count). The van der Waals surface area contributed by atoms with Gasteiger partial charge in [0.25, 0.3) is 6.47 Å². The maximum Gasteiger partial charge on any atom is 0.387 e. The summed E-state index contributed by atoms with van der Waals surface area (Å²) in [6, 6.07) is 4.32. The Morgan fingerprint density at radius 2 is 1.90 bits per heavy atom. The third-order valence-electron chi connectivity index (χ3n) is 4.40. The zero-order chi connectivity index (χ0) is 21.0. The van der Waals surface area contributed by atoms with E-state index in [0.717, 1.165) is 12.8 Å². The van der Waals surface area contributed by atoms with Gasteiger partial charge in [0.1, 0.15) is 16.1 Å². The molecule has 1 heterocycles. The number of alkyl halides is 2. The smallest absolute Gasteiger partial charge is 0.387 e. The van der Waals surface area contributed by atoms with E-state index in [2.05, 4.69) is 4.74 Å². The van der Waals surface area contributed by atoms with Gasteiger partial charge in [0.05, 0.1) is 6.61 Å². The number of pyridine rings is 1. The summed E-state index contributed by atoms with van der Waals surface area (Å²) in [7, 11) is 0. The van der Waals surface area contributed by atoms with Gasteiger partial charge in [0.15, 0.2) is 11.5 Å². The fourth-order valence-corrected chi connectivity index (χ4v) is 3.36. The Morgan fingerprint density at radius 3 is 2.48 bits per heavy atom. The molecule has 156 valence electrons. The van der Waals surface area contributed by atoms with Crippen molar-refractivity contribution in [1.82, 2.24) is 0 Å². The number of hydrogen-bond acceptors (Lipinski definition) is 5. The summed E-state index contributed by atoms with van der Waals surface area (Å²) >= 11 is 12.3. The van der Waals surface area contributed by atoms with Crippen LogP contribution in [0.5, 0.6) is 11.5 Å². The van der Waals surface area contributed by atoms with E-state index in [4.69, 9.17) is 32.7 Å². The highest BCUT2D eigenvalue weighted by atomic mass is 35.5. The van der Waals surface area contributed by atoms with E-state index in [0.29, 0.717) is 28.4 Å². The lowest BCUT2D eigenvalue weighted by molar-refractivity contribution is -0.904. The first-order valence-electron chi connectivity index (χ1n) is 8.76. The number of nitrogens with zero attached hydrogens (tertiary/aromatic N) is 1. The molecule has 29 heavy (non-hydrogen) atoms. The Kier molecular flexibility index (Phi) is 6.97. The molecule has 6 nitrogen and oxygen atoms in total. The number of halogens is 4. The summed E-state index contributed by atoms with van der Waals surface area (Å²) in [4.78, 5) is 11.0. The number of carbonyl (C=O) groups is 1. The molecule has 2 aromatic rings. The van der Waals surface area contributed by atoms with E-state index in [1.165, 1.54) is 30.6 Å². The molecule has 1 aliphatic rings. The van der Waals surface area contributed by atoms with Gasteiger partial charge in [-0.25, -0.2) is 0 Å². The normalized spacial score (nSPS) is 14.5. The first-order chi connectivity index (χ1) is 13.9. The molecule has 1 saturated carbocycles. The van der Waals surface area contributed by atoms with Crippen molar-refractivity contribution in [2.75, 3.05) is 6.61 Å². The molecule has 0 saturated heterocycles. The van der Waals surface area contributed by atoms with Crippen molar-refractivity contribution in [1.29, 1.82) is 0 Å². The summed E-state index contributed by atoms with van der Waals surface area (Å²) in [6.07, 6.45) is 3.80. The van der Waals surface area contributed by atoms with Gasteiger partial charge in [0.2, 0.25) is 12.4 Å². The van der Waals surface area contributed by atoms with Crippen LogP contribution in [-0.4, -0.2) is 24.9 Å². The van der Waals surface area contributed by atoms with Crippen LogP contribution in [-0.2, 0) is 16.0 Å². The average molecular weight is 449 g/mol. The lowest BCUT2D eigenvalue weighted by Gasteiger charge is -2.19. The van der Waals surface area contributed by atoms with Crippen molar-refractivity contribution < 1.29 is 37.7 Å². The first kappa shape index (κ1) is 21.4. The topological polar surface area (TPSA) is 68.9 Å². The van der Waals surface area contributed by atoms with E-state index in [1.54, 1.807) is 0 Å². The predicted octanol–water partition coefficient (Wildman–Crippen LogP) is 4.37. The van der Waals surface area contributed by atoms with Crippen molar-refractivity contribution in [3.05, 3.63) is 51.8 Å². The summed E-state index contributed by atoms with van der Waals surface area (Å²) in [5.74, 6) is 0.422. The molecule has 10 heteroatoms. The molecule has 0 amide bonds. The highest BCUT2D eigenvalue weighted by Gasteiger charge is 2.25. The summed E-state index contributed by atoms with van der Waals surface area (Å²) in [5, 5.41) is 9.83. The van der Waals surface area contributed by atoms with Gasteiger partial charge in [-0.3, -0.25) is 10.0 Å². The van der Waals surface area contributed by atoms with Gasteiger partial charge in [-0.2, -0.15) is 8.78 Å². The van der Waals surface area contributed by atoms with Crippen LogP contribution in [0.3, 0.4) is 0 Å². The summed E-state index contributed by atoms with van der Waals surface area (Å²) in [6.45, 7) is -2.34. The molecule has 1 atom stereocenters. The molecule has 0 spiro atoms. The zero-order valence-electron chi connectivity index (χ0n) is 15.1. The second-order valence-corrected chi connectivity index (χ2v) is 7.39. The van der Waals surface area contributed by atoms with Crippen LogP contribution >= 0.6 is 23.2 Å². The Balaban J connectivity index is 1.89. The second-order valence-electron chi connectivity index (χ2n) is 6.58. The molecule has 1 aromatic heterocycles. The van der Waals surface area contributed by atoms with Crippen LogP contribution in [0.25, 0.3) is 0 Å². The lowest BCUT2D eigenvalue weighted by Crippen LogP contribution is -2.29. The third-order valence-corrected chi connectivity index (χ3v) is 5.06. The quantitative estimate of drug-likeness (QED) is 0.332. The van der Waals surface area contributed by atoms with Gasteiger partial charge >= 0.3 is 6.61 Å². The van der Waals surface area contributed by atoms with Gasteiger partial charge in [0, 0.05) is 16.7 Å². The fourth-order valence-electron chi connectivity index (χ4n) is 2.75. The Hall–Kier alpha value is -2.32. The molecule has 1 fully saturated rings. The highest BCUT2D eigenvalue weighted by molar-refractivity contribution is 6.35. The van der Waals surface area contributed by atoms with E-state index in [9.17, 15) is 18.8 Å². The first-order valence-corrected chi connectivity index (χ1v) is 9.52. The minimum Gasteiger partial charge on any atom is -0.489 e. The van der Waals surface area contributed by atoms with Crippen molar-refractivity contribution in [2.24, 2.45) is 5.92 Å². The van der Waals surface area contributed by atoms with E-state index < -0.39 is 12.7 Å². The SMILES string of the molecule is O=COC(Cc1c(Cl)c[n+](O)cc1Cl)c1ccc(OC(F)F)c(OCC2CC2)c1. The van der Waals surface area contributed by atoms with Gasteiger partial charge in [-0.15, -0.1) is 0 Å². The van der Waals surface area contributed by atoms with Crippen LogP contribution in [0.2, 0.25) is 10.0 Å². The molecule has 1 aromatic carbocycles. The van der Waals surface area contributed by atoms with E-state index >= 15 is 0 Å². The van der Waals surface area contributed by atoms with Crippen LogP contribution in [0.1, 0.15) is 30.1 Å². The molecule has 1 aliphatic carbocycles. The van der Waals surface area contributed by atoms with Gasteiger partial charge in [-0.1, -0.05) is 29.3 Å². The lowest BCUT2D eigenvalue weighted by atomic mass is 10.0. The van der Waals surface area contributed by atoms with Crippen molar-refractivity contribution >= 4 is 29.7 Å². The third kappa shape index (κ3) is 5.83. The van der Waals surface area contributed by atoms with Crippen molar-refractivity contribution in [3.63, 3.8) is 0 Å². The Labute approximate surface area is 175 Å². The molecule has 0 radical (unpaired) electrons. The number of carbonyl (C=O) groups excluding carboxylic acids is 1. The summed E-state index contributed by atoms with van der Waals surface area (Å²) < 4.78 is 41.5. The van der Waals surface area contributed by atoms with Crippen LogP contribution in [0, 0.1) is 5.92 Å². The predicted molar refractivity (Wildman–Crippen MR) is 98.7 cm³/mol. The molecule has 0 bridgehead atoms. The molecular formula is C19H18Cl2F2NO5+. The molecule has 1 N–H and O–H groups in total. The standard InChI is InChI=1S/C19H18Cl2F2NO5/c20-14-7-24(26)8-15(21)13(14)6-17(28-10-25)12-3-4-16(29-19(22)23)18(5-12)27-9-11-1-2-11/h3-5,7-8,10-11,17,19,26H,1-2,6,9H2/q+1. The summed E-state index contributed by atoms with van der Waals surface area (Å²) in [5.41, 5.74) is 0.927. The minimum atomic E-state index is -3.00. The van der Waals surface area contributed by atoms with Gasteiger partial charge in [-0.05, 0) is 36.5 Å². The minimum absolute atomic E-state index is 0.0916. The number of benzene rings is 1. The number of hydrogen-bond donors (Lipinski definition) is 1. The monoisotopic (exact) mass is 448 g/mol. The maximum atomic E-state index is 12.7. The highest BCUT2D eigenvalue weighted by Crippen LogP contribution is 2.37.